The number of methoxy groups -OCH3 is 2. The first-order valence-electron chi connectivity index (χ1n) is 8.89. The molecule has 0 bridgehead atoms. The SMILES string of the molecule is COc1cc2ncnc(N3CC(CNC(=O)OC(C)(C)C)C3)c2cc1OC. The standard InChI is InChI=1S/C19H26N4O4/c1-19(2,3)27-18(24)20-8-12-9-23(10-12)17-13-6-15(25-4)16(26-5)7-14(13)21-11-22-17/h6-7,11-12H,8-10H2,1-5H3,(H,20,24). The average molecular weight is 374 g/mol. The molecule has 8 nitrogen and oxygen atoms in total. The molecule has 1 aromatic carbocycles. The Bertz CT molecular complexity index is 828. The predicted molar refractivity (Wildman–Crippen MR) is 103 cm³/mol. The van der Waals surface area contributed by atoms with Gasteiger partial charge in [0.05, 0.1) is 19.7 Å². The number of nitrogens with one attached hydrogen (secondary N) is 1. The zero-order valence-corrected chi connectivity index (χ0v) is 16.4. The molecule has 0 aliphatic carbocycles. The van der Waals surface area contributed by atoms with Gasteiger partial charge in [-0.05, 0) is 26.8 Å². The van der Waals surface area contributed by atoms with Crippen molar-refractivity contribution in [1.29, 1.82) is 0 Å². The Morgan fingerprint density at radius 3 is 2.48 bits per heavy atom. The van der Waals surface area contributed by atoms with Crippen LogP contribution in [-0.2, 0) is 4.74 Å². The molecule has 8 heteroatoms. The van der Waals surface area contributed by atoms with E-state index in [2.05, 4.69) is 20.2 Å². The van der Waals surface area contributed by atoms with Crippen molar-refractivity contribution in [2.45, 2.75) is 26.4 Å². The van der Waals surface area contributed by atoms with Crippen LogP contribution < -0.4 is 19.7 Å². The summed E-state index contributed by atoms with van der Waals surface area (Å²) in [6.45, 7) is 7.72. The number of hydrogen-bond acceptors (Lipinski definition) is 7. The smallest absolute Gasteiger partial charge is 0.407 e. The molecular weight excluding hydrogens is 348 g/mol. The Morgan fingerprint density at radius 2 is 1.85 bits per heavy atom. The maximum absolute atomic E-state index is 11.8. The molecule has 146 valence electrons. The number of fused-ring (bicyclic) bond motifs is 1. The van der Waals surface area contributed by atoms with E-state index in [0.717, 1.165) is 29.8 Å². The zero-order valence-electron chi connectivity index (χ0n) is 16.4. The number of carbonyl (C=O) groups excluding carboxylic acids is 1. The highest BCUT2D eigenvalue weighted by atomic mass is 16.6. The maximum atomic E-state index is 11.8. The minimum absolute atomic E-state index is 0.350. The van der Waals surface area contributed by atoms with Gasteiger partial charge in [0.25, 0.3) is 0 Å². The molecule has 27 heavy (non-hydrogen) atoms. The summed E-state index contributed by atoms with van der Waals surface area (Å²) in [5.41, 5.74) is 0.309. The van der Waals surface area contributed by atoms with Crippen LogP contribution in [0.1, 0.15) is 20.8 Å². The first kappa shape index (κ1) is 19.0. The fraction of sp³-hybridized carbons (Fsp3) is 0.526. The summed E-state index contributed by atoms with van der Waals surface area (Å²) < 4.78 is 16.0. The third-order valence-corrected chi connectivity index (χ3v) is 4.31. The Hall–Kier alpha value is -2.77. The van der Waals surface area contributed by atoms with Crippen LogP contribution in [0.25, 0.3) is 10.9 Å². The second-order valence-corrected chi connectivity index (χ2v) is 7.58. The summed E-state index contributed by atoms with van der Waals surface area (Å²) in [6, 6.07) is 3.75. The van der Waals surface area contributed by atoms with Gasteiger partial charge >= 0.3 is 6.09 Å². The lowest BCUT2D eigenvalue weighted by molar-refractivity contribution is 0.0516. The van der Waals surface area contributed by atoms with E-state index in [4.69, 9.17) is 14.2 Å². The van der Waals surface area contributed by atoms with Crippen LogP contribution in [0.5, 0.6) is 11.5 Å². The third-order valence-electron chi connectivity index (χ3n) is 4.31. The van der Waals surface area contributed by atoms with Gasteiger partial charge < -0.3 is 24.4 Å². The number of alkyl carbamates (subject to hydrolysis) is 1. The summed E-state index contributed by atoms with van der Waals surface area (Å²) in [4.78, 5) is 22.7. The predicted octanol–water partition coefficient (Wildman–Crippen LogP) is 2.61. The molecule has 1 fully saturated rings. The van der Waals surface area contributed by atoms with E-state index in [1.54, 1.807) is 20.5 Å². The lowest BCUT2D eigenvalue weighted by Crippen LogP contribution is -2.52. The molecule has 1 amide bonds. The van der Waals surface area contributed by atoms with Crippen LogP contribution in [0.3, 0.4) is 0 Å². The van der Waals surface area contributed by atoms with Crippen LogP contribution in [-0.4, -0.2) is 55.5 Å². The van der Waals surface area contributed by atoms with Crippen molar-refractivity contribution in [3.63, 3.8) is 0 Å². The number of anilines is 1. The highest BCUT2D eigenvalue weighted by Crippen LogP contribution is 2.36. The summed E-state index contributed by atoms with van der Waals surface area (Å²) in [6.07, 6.45) is 1.17. The van der Waals surface area contributed by atoms with Gasteiger partial charge in [-0.1, -0.05) is 0 Å². The molecule has 1 N–H and O–H groups in total. The number of nitrogens with zero attached hydrogens (tertiary/aromatic N) is 3. The minimum atomic E-state index is -0.490. The second kappa shape index (κ2) is 7.46. The van der Waals surface area contributed by atoms with Crippen LogP contribution in [0.4, 0.5) is 10.6 Å². The fourth-order valence-electron chi connectivity index (χ4n) is 3.04. The number of benzene rings is 1. The lowest BCUT2D eigenvalue weighted by Gasteiger charge is -2.40. The normalized spacial score (nSPS) is 14.6. The van der Waals surface area contributed by atoms with Gasteiger partial charge in [-0.25, -0.2) is 14.8 Å². The molecule has 1 saturated heterocycles. The number of carbonyl (C=O) groups is 1. The monoisotopic (exact) mass is 374 g/mol. The number of aromatic nitrogens is 2. The van der Waals surface area contributed by atoms with Crippen LogP contribution >= 0.6 is 0 Å². The van der Waals surface area contributed by atoms with Crippen molar-refractivity contribution in [1.82, 2.24) is 15.3 Å². The van der Waals surface area contributed by atoms with Crippen molar-refractivity contribution < 1.29 is 19.0 Å². The molecule has 0 radical (unpaired) electrons. The van der Waals surface area contributed by atoms with Crippen LogP contribution in [0, 0.1) is 5.92 Å². The van der Waals surface area contributed by atoms with Gasteiger partial charge in [-0.15, -0.1) is 0 Å². The number of rotatable bonds is 5. The van der Waals surface area contributed by atoms with Gasteiger partial charge in [0.2, 0.25) is 0 Å². The maximum Gasteiger partial charge on any atom is 0.407 e. The molecule has 1 aliphatic rings. The molecule has 0 unspecified atom stereocenters. The third kappa shape index (κ3) is 4.32. The lowest BCUT2D eigenvalue weighted by atomic mass is 9.99. The van der Waals surface area contributed by atoms with Crippen molar-refractivity contribution in [3.8, 4) is 11.5 Å². The highest BCUT2D eigenvalue weighted by Gasteiger charge is 2.30. The first-order valence-corrected chi connectivity index (χ1v) is 8.89. The van der Waals surface area contributed by atoms with Crippen molar-refractivity contribution >= 4 is 22.8 Å². The van der Waals surface area contributed by atoms with E-state index in [1.165, 1.54) is 0 Å². The molecule has 1 aliphatic heterocycles. The quantitative estimate of drug-likeness (QED) is 0.861. The van der Waals surface area contributed by atoms with Gasteiger partial charge in [0.1, 0.15) is 17.7 Å². The Labute approximate surface area is 158 Å². The van der Waals surface area contributed by atoms with Gasteiger partial charge in [0, 0.05) is 37.0 Å². The Balaban J connectivity index is 1.65. The van der Waals surface area contributed by atoms with Crippen LogP contribution in [0.2, 0.25) is 0 Å². The molecule has 2 aromatic rings. The number of amides is 1. The van der Waals surface area contributed by atoms with Gasteiger partial charge in [0.15, 0.2) is 11.5 Å². The molecular formula is C19H26N4O4. The van der Waals surface area contributed by atoms with E-state index >= 15 is 0 Å². The molecule has 0 spiro atoms. The molecule has 2 heterocycles. The molecule has 3 rings (SSSR count). The van der Waals surface area contributed by atoms with Gasteiger partial charge in [-0.3, -0.25) is 0 Å². The van der Waals surface area contributed by atoms with Gasteiger partial charge in [-0.2, -0.15) is 0 Å². The Morgan fingerprint density at radius 1 is 1.19 bits per heavy atom. The second-order valence-electron chi connectivity index (χ2n) is 7.58. The van der Waals surface area contributed by atoms with E-state index in [1.807, 2.05) is 32.9 Å². The zero-order chi connectivity index (χ0) is 19.6. The van der Waals surface area contributed by atoms with Crippen molar-refractivity contribution in [2.75, 3.05) is 38.8 Å². The molecule has 0 saturated carbocycles. The summed E-state index contributed by atoms with van der Waals surface area (Å²) in [7, 11) is 3.21. The first-order chi connectivity index (χ1) is 12.8. The van der Waals surface area contributed by atoms with Crippen LogP contribution in [0.15, 0.2) is 18.5 Å². The summed E-state index contributed by atoms with van der Waals surface area (Å²) >= 11 is 0. The summed E-state index contributed by atoms with van der Waals surface area (Å²) in [5, 5.41) is 3.74. The minimum Gasteiger partial charge on any atom is -0.493 e. The number of hydrogen-bond donors (Lipinski definition) is 1. The largest absolute Gasteiger partial charge is 0.493 e. The Kier molecular flexibility index (Phi) is 5.25. The summed E-state index contributed by atoms with van der Waals surface area (Å²) in [5.74, 6) is 2.49. The highest BCUT2D eigenvalue weighted by molar-refractivity contribution is 5.92. The van der Waals surface area contributed by atoms with Crippen molar-refractivity contribution in [3.05, 3.63) is 18.5 Å². The molecule has 0 atom stereocenters. The van der Waals surface area contributed by atoms with Crippen molar-refractivity contribution in [2.24, 2.45) is 5.92 Å². The average Bonchev–Trinajstić information content (AvgIpc) is 2.57. The number of ether oxygens (including phenoxy) is 3. The van der Waals surface area contributed by atoms with E-state index in [0.29, 0.717) is 24.0 Å². The van der Waals surface area contributed by atoms with E-state index < -0.39 is 5.60 Å². The van der Waals surface area contributed by atoms with E-state index in [9.17, 15) is 4.79 Å². The fourth-order valence-corrected chi connectivity index (χ4v) is 3.04. The molecule has 1 aromatic heterocycles. The topological polar surface area (TPSA) is 85.8 Å². The van der Waals surface area contributed by atoms with E-state index in [-0.39, 0.29) is 6.09 Å².